The Bertz CT molecular complexity index is 652. The zero-order valence-corrected chi connectivity index (χ0v) is 12.4. The van der Waals surface area contributed by atoms with Gasteiger partial charge in [-0.15, -0.1) is 0 Å². The molecule has 23 heavy (non-hydrogen) atoms. The predicted octanol–water partition coefficient (Wildman–Crippen LogP) is 2.99. The maximum absolute atomic E-state index is 13.3. The van der Waals surface area contributed by atoms with Gasteiger partial charge in [-0.1, -0.05) is 0 Å². The van der Waals surface area contributed by atoms with E-state index in [2.05, 4.69) is 5.10 Å². The quantitative estimate of drug-likeness (QED) is 0.857. The minimum Gasteiger partial charge on any atom is -0.497 e. The Kier molecular flexibility index (Phi) is 4.01. The van der Waals surface area contributed by atoms with E-state index in [1.54, 1.807) is 0 Å². The molecule has 1 amide bonds. The molecule has 0 bridgehead atoms. The smallest absolute Gasteiger partial charge is 0.418 e. The van der Waals surface area contributed by atoms with E-state index in [0.717, 1.165) is 23.9 Å². The largest absolute Gasteiger partial charge is 0.497 e. The van der Waals surface area contributed by atoms with Crippen LogP contribution in [0.2, 0.25) is 0 Å². The molecule has 0 N–H and O–H groups in total. The second-order valence-corrected chi connectivity index (χ2v) is 5.36. The molecule has 1 unspecified atom stereocenters. The predicted molar refractivity (Wildman–Crippen MR) is 76.5 cm³/mol. The summed E-state index contributed by atoms with van der Waals surface area (Å²) < 4.78 is 50.1. The first-order valence-electron chi connectivity index (χ1n) is 7.17. The van der Waals surface area contributed by atoms with Crippen molar-refractivity contribution >= 4 is 17.3 Å². The standard InChI is InChI=1S/C15H15F3N2O3/c1-22-9-4-5-12(10(7-9)15(16,17)18)20-14(21)8-11(19-20)13-3-2-6-23-13/h4-5,7,13H,2-3,6,8H2,1H3. The highest BCUT2D eigenvalue weighted by atomic mass is 19.4. The van der Waals surface area contributed by atoms with Crippen LogP contribution in [0.1, 0.15) is 24.8 Å². The molecule has 1 aromatic rings. The highest BCUT2D eigenvalue weighted by molar-refractivity contribution is 6.14. The van der Waals surface area contributed by atoms with Gasteiger partial charge < -0.3 is 9.47 Å². The minimum atomic E-state index is -4.62. The van der Waals surface area contributed by atoms with Gasteiger partial charge in [-0.3, -0.25) is 4.79 Å². The number of benzene rings is 1. The first kappa shape index (κ1) is 15.8. The van der Waals surface area contributed by atoms with Gasteiger partial charge in [0, 0.05) is 6.61 Å². The Hall–Kier alpha value is -2.09. The zero-order chi connectivity index (χ0) is 16.6. The number of amides is 1. The van der Waals surface area contributed by atoms with Crippen LogP contribution in [0.5, 0.6) is 5.75 Å². The summed E-state index contributed by atoms with van der Waals surface area (Å²) in [4.78, 5) is 12.1. The molecule has 1 saturated heterocycles. The molecule has 0 radical (unpaired) electrons. The summed E-state index contributed by atoms with van der Waals surface area (Å²) in [7, 11) is 1.28. The number of carbonyl (C=O) groups excluding carboxylic acids is 1. The van der Waals surface area contributed by atoms with Crippen LogP contribution in [0.15, 0.2) is 23.3 Å². The second-order valence-electron chi connectivity index (χ2n) is 5.36. The van der Waals surface area contributed by atoms with Gasteiger partial charge in [0.25, 0.3) is 5.91 Å². The van der Waals surface area contributed by atoms with Crippen molar-refractivity contribution in [3.05, 3.63) is 23.8 Å². The van der Waals surface area contributed by atoms with Crippen LogP contribution < -0.4 is 9.75 Å². The molecule has 1 aromatic carbocycles. The summed E-state index contributed by atoms with van der Waals surface area (Å²) in [6.07, 6.45) is -3.33. The van der Waals surface area contributed by atoms with Crippen molar-refractivity contribution in [2.75, 3.05) is 18.7 Å². The Labute approximate surface area is 130 Å². The third-order valence-corrected chi connectivity index (χ3v) is 3.84. The average molecular weight is 328 g/mol. The molecular formula is C15H15F3N2O3. The van der Waals surface area contributed by atoms with E-state index in [-0.39, 0.29) is 24.0 Å². The minimum absolute atomic E-state index is 0.0198. The molecule has 8 heteroatoms. The molecule has 0 saturated carbocycles. The lowest BCUT2D eigenvalue weighted by molar-refractivity contribution is -0.137. The molecule has 0 aromatic heterocycles. The van der Waals surface area contributed by atoms with Gasteiger partial charge >= 0.3 is 6.18 Å². The summed E-state index contributed by atoms with van der Waals surface area (Å²) in [5.41, 5.74) is -0.768. The maximum atomic E-state index is 13.3. The van der Waals surface area contributed by atoms with Crippen molar-refractivity contribution in [2.24, 2.45) is 5.10 Å². The van der Waals surface area contributed by atoms with E-state index < -0.39 is 17.6 Å². The fourth-order valence-corrected chi connectivity index (χ4v) is 2.71. The van der Waals surface area contributed by atoms with E-state index in [4.69, 9.17) is 9.47 Å². The fraction of sp³-hybridized carbons (Fsp3) is 0.467. The van der Waals surface area contributed by atoms with Crippen molar-refractivity contribution < 1.29 is 27.4 Å². The lowest BCUT2D eigenvalue weighted by atomic mass is 10.1. The summed E-state index contributed by atoms with van der Waals surface area (Å²) in [5.74, 6) is -0.429. The molecule has 5 nitrogen and oxygen atoms in total. The number of rotatable bonds is 3. The monoisotopic (exact) mass is 328 g/mol. The van der Waals surface area contributed by atoms with Gasteiger partial charge in [0.15, 0.2) is 0 Å². The molecule has 2 heterocycles. The first-order chi connectivity index (χ1) is 10.9. The SMILES string of the molecule is COc1ccc(N2N=C(C3CCCO3)CC2=O)c(C(F)(F)F)c1. The molecule has 1 fully saturated rings. The van der Waals surface area contributed by atoms with Gasteiger partial charge in [0.1, 0.15) is 5.75 Å². The summed E-state index contributed by atoms with van der Waals surface area (Å²) in [6.45, 7) is 0.578. The maximum Gasteiger partial charge on any atom is 0.418 e. The Balaban J connectivity index is 1.98. The molecule has 0 aliphatic carbocycles. The fourth-order valence-electron chi connectivity index (χ4n) is 2.71. The Morgan fingerprint density at radius 1 is 1.39 bits per heavy atom. The lowest BCUT2D eigenvalue weighted by Gasteiger charge is -2.19. The van der Waals surface area contributed by atoms with Gasteiger partial charge in [-0.05, 0) is 31.0 Å². The van der Waals surface area contributed by atoms with E-state index in [9.17, 15) is 18.0 Å². The van der Waals surface area contributed by atoms with Crippen molar-refractivity contribution in [3.8, 4) is 5.75 Å². The van der Waals surface area contributed by atoms with Gasteiger partial charge in [0.05, 0.1) is 36.6 Å². The molecular weight excluding hydrogens is 313 g/mol. The van der Waals surface area contributed by atoms with Crippen LogP contribution in [0.25, 0.3) is 0 Å². The highest BCUT2D eigenvalue weighted by Gasteiger charge is 2.39. The van der Waals surface area contributed by atoms with Gasteiger partial charge in [-0.2, -0.15) is 23.3 Å². The number of hydrazone groups is 1. The molecule has 0 spiro atoms. The molecule has 3 rings (SSSR count). The number of methoxy groups -OCH3 is 1. The normalized spacial score (nSPS) is 21.7. The van der Waals surface area contributed by atoms with E-state index in [1.165, 1.54) is 19.2 Å². The molecule has 2 aliphatic rings. The number of hydrogen-bond acceptors (Lipinski definition) is 4. The van der Waals surface area contributed by atoms with Crippen molar-refractivity contribution in [1.82, 2.24) is 0 Å². The number of anilines is 1. The third kappa shape index (κ3) is 3.03. The second kappa shape index (κ2) is 5.84. The van der Waals surface area contributed by atoms with Crippen LogP contribution in [0, 0.1) is 0 Å². The van der Waals surface area contributed by atoms with E-state index >= 15 is 0 Å². The number of carbonyl (C=O) groups is 1. The number of nitrogens with zero attached hydrogens (tertiary/aromatic N) is 2. The summed E-state index contributed by atoms with van der Waals surface area (Å²) in [6, 6.07) is 3.43. The van der Waals surface area contributed by atoms with E-state index in [0.29, 0.717) is 12.3 Å². The zero-order valence-electron chi connectivity index (χ0n) is 12.4. The van der Waals surface area contributed by atoms with Crippen LogP contribution in [0.4, 0.5) is 18.9 Å². The summed E-state index contributed by atoms with van der Waals surface area (Å²) >= 11 is 0. The van der Waals surface area contributed by atoms with Crippen LogP contribution in [-0.2, 0) is 15.7 Å². The number of halogens is 3. The van der Waals surface area contributed by atoms with Gasteiger partial charge in [-0.25, -0.2) is 0 Å². The Morgan fingerprint density at radius 2 is 2.17 bits per heavy atom. The third-order valence-electron chi connectivity index (χ3n) is 3.84. The van der Waals surface area contributed by atoms with Crippen LogP contribution in [0.3, 0.4) is 0 Å². The van der Waals surface area contributed by atoms with Crippen molar-refractivity contribution in [2.45, 2.75) is 31.5 Å². The summed E-state index contributed by atoms with van der Waals surface area (Å²) in [5, 5.41) is 4.90. The number of ether oxygens (including phenoxy) is 2. The van der Waals surface area contributed by atoms with Gasteiger partial charge in [0.2, 0.25) is 0 Å². The Morgan fingerprint density at radius 3 is 2.78 bits per heavy atom. The lowest BCUT2D eigenvalue weighted by Crippen LogP contribution is -2.23. The van der Waals surface area contributed by atoms with Crippen molar-refractivity contribution in [3.63, 3.8) is 0 Å². The van der Waals surface area contributed by atoms with Crippen molar-refractivity contribution in [1.29, 1.82) is 0 Å². The average Bonchev–Trinajstić information content (AvgIpc) is 3.15. The topological polar surface area (TPSA) is 51.1 Å². The van der Waals surface area contributed by atoms with Crippen LogP contribution in [-0.4, -0.2) is 31.4 Å². The molecule has 124 valence electrons. The van der Waals surface area contributed by atoms with Crippen LogP contribution >= 0.6 is 0 Å². The molecule has 1 atom stereocenters. The highest BCUT2D eigenvalue weighted by Crippen LogP contribution is 2.40. The first-order valence-corrected chi connectivity index (χ1v) is 7.17. The molecule has 2 aliphatic heterocycles. The number of alkyl halides is 3. The van der Waals surface area contributed by atoms with E-state index in [1.807, 2.05) is 0 Å². The number of hydrogen-bond donors (Lipinski definition) is 0.